The van der Waals surface area contributed by atoms with Gasteiger partial charge in [-0.3, -0.25) is 4.79 Å². The Balaban J connectivity index is 1.63. The van der Waals surface area contributed by atoms with Crippen molar-refractivity contribution in [1.29, 1.82) is 0 Å². The molecular weight excluding hydrogens is 230 g/mol. The Morgan fingerprint density at radius 2 is 2.50 bits per heavy atom. The number of hydrogen-bond acceptors (Lipinski definition) is 3. The lowest BCUT2D eigenvalue weighted by Gasteiger charge is -2.14. The van der Waals surface area contributed by atoms with Crippen molar-refractivity contribution >= 4 is 5.91 Å². The largest absolute Gasteiger partial charge is 0.469 e. The third-order valence-electron chi connectivity index (χ3n) is 3.21. The van der Waals surface area contributed by atoms with Crippen LogP contribution in [-0.4, -0.2) is 24.7 Å². The van der Waals surface area contributed by atoms with Gasteiger partial charge in [-0.15, -0.1) is 0 Å². The molecule has 1 aromatic rings. The number of amides is 1. The van der Waals surface area contributed by atoms with Crippen molar-refractivity contribution in [2.24, 2.45) is 0 Å². The normalized spacial score (nSPS) is 20.8. The van der Waals surface area contributed by atoms with Crippen LogP contribution in [0.2, 0.25) is 0 Å². The van der Waals surface area contributed by atoms with Crippen LogP contribution in [-0.2, 0) is 16.0 Å². The molecule has 1 amide bonds. The lowest BCUT2D eigenvalue weighted by Crippen LogP contribution is -2.34. The van der Waals surface area contributed by atoms with Gasteiger partial charge in [0.25, 0.3) is 0 Å². The van der Waals surface area contributed by atoms with Gasteiger partial charge >= 0.3 is 0 Å². The van der Waals surface area contributed by atoms with E-state index >= 15 is 0 Å². The van der Waals surface area contributed by atoms with E-state index in [4.69, 9.17) is 9.15 Å². The molecule has 0 aliphatic carbocycles. The van der Waals surface area contributed by atoms with Crippen molar-refractivity contribution < 1.29 is 13.9 Å². The molecule has 0 spiro atoms. The molecule has 0 aromatic carbocycles. The van der Waals surface area contributed by atoms with E-state index in [0.717, 1.165) is 38.1 Å². The Bertz CT molecular complexity index is 355. The van der Waals surface area contributed by atoms with Crippen LogP contribution in [0.3, 0.4) is 0 Å². The van der Waals surface area contributed by atoms with Crippen LogP contribution in [0.1, 0.15) is 38.4 Å². The summed E-state index contributed by atoms with van der Waals surface area (Å²) in [4.78, 5) is 11.7. The zero-order valence-corrected chi connectivity index (χ0v) is 10.9. The highest BCUT2D eigenvalue weighted by Crippen LogP contribution is 2.16. The summed E-state index contributed by atoms with van der Waals surface area (Å²) in [5, 5.41) is 2.99. The molecule has 2 heterocycles. The number of carbonyl (C=O) groups is 1. The second-order valence-corrected chi connectivity index (χ2v) is 4.93. The van der Waals surface area contributed by atoms with Crippen LogP contribution >= 0.6 is 0 Å². The van der Waals surface area contributed by atoms with Gasteiger partial charge < -0.3 is 14.5 Å². The number of furan rings is 1. The van der Waals surface area contributed by atoms with Crippen LogP contribution in [0, 0.1) is 0 Å². The molecule has 4 nitrogen and oxygen atoms in total. The molecular formula is C14H21NO3. The number of ether oxygens (including phenoxy) is 1. The van der Waals surface area contributed by atoms with E-state index in [1.165, 1.54) is 0 Å². The van der Waals surface area contributed by atoms with Crippen molar-refractivity contribution in [2.45, 2.75) is 51.2 Å². The molecule has 2 atom stereocenters. The van der Waals surface area contributed by atoms with Gasteiger partial charge in [-0.05, 0) is 38.3 Å². The summed E-state index contributed by atoms with van der Waals surface area (Å²) in [7, 11) is 0. The van der Waals surface area contributed by atoms with Crippen molar-refractivity contribution in [3.8, 4) is 0 Å². The highest BCUT2D eigenvalue weighted by Gasteiger charge is 2.17. The van der Waals surface area contributed by atoms with Gasteiger partial charge in [0.05, 0.1) is 12.4 Å². The average Bonchev–Trinajstić information content (AvgIpc) is 2.98. The Hall–Kier alpha value is -1.29. The van der Waals surface area contributed by atoms with E-state index in [2.05, 4.69) is 5.32 Å². The summed E-state index contributed by atoms with van der Waals surface area (Å²) >= 11 is 0. The first-order valence-corrected chi connectivity index (χ1v) is 6.67. The predicted molar refractivity (Wildman–Crippen MR) is 68.2 cm³/mol. The molecule has 1 aliphatic heterocycles. The van der Waals surface area contributed by atoms with Gasteiger partial charge in [0.2, 0.25) is 5.91 Å². The predicted octanol–water partition coefficient (Wildman–Crippen LogP) is 2.29. The first-order valence-electron chi connectivity index (χ1n) is 6.67. The lowest BCUT2D eigenvalue weighted by molar-refractivity contribution is -0.122. The minimum absolute atomic E-state index is 0.101. The standard InChI is InChI=1S/C14H21NO3/c1-11(10-13-5-3-9-18-13)15-14(16)7-6-12-4-2-8-17-12/h3,5,9,11-12H,2,4,6-8,10H2,1H3,(H,15,16)/t11-,12+/m0/s1. The molecule has 0 radical (unpaired) electrons. The molecule has 100 valence electrons. The van der Waals surface area contributed by atoms with E-state index in [0.29, 0.717) is 6.42 Å². The van der Waals surface area contributed by atoms with Gasteiger partial charge in [-0.1, -0.05) is 0 Å². The van der Waals surface area contributed by atoms with Crippen molar-refractivity contribution in [2.75, 3.05) is 6.61 Å². The van der Waals surface area contributed by atoms with Crippen LogP contribution in [0.4, 0.5) is 0 Å². The minimum atomic E-state index is 0.101. The van der Waals surface area contributed by atoms with Crippen LogP contribution < -0.4 is 5.32 Å². The second-order valence-electron chi connectivity index (χ2n) is 4.93. The molecule has 4 heteroatoms. The zero-order valence-electron chi connectivity index (χ0n) is 10.9. The van der Waals surface area contributed by atoms with E-state index in [-0.39, 0.29) is 18.1 Å². The highest BCUT2D eigenvalue weighted by atomic mass is 16.5. The van der Waals surface area contributed by atoms with E-state index in [1.54, 1.807) is 6.26 Å². The SMILES string of the molecule is C[C@@H](Cc1ccco1)NC(=O)CC[C@H]1CCCO1. The first-order chi connectivity index (χ1) is 8.74. The van der Waals surface area contributed by atoms with Crippen LogP contribution in [0.15, 0.2) is 22.8 Å². The Morgan fingerprint density at radius 3 is 3.17 bits per heavy atom. The third kappa shape index (κ3) is 4.18. The maximum absolute atomic E-state index is 11.7. The van der Waals surface area contributed by atoms with E-state index in [1.807, 2.05) is 19.1 Å². The minimum Gasteiger partial charge on any atom is -0.469 e. The molecule has 1 saturated heterocycles. The van der Waals surface area contributed by atoms with Crippen molar-refractivity contribution in [3.63, 3.8) is 0 Å². The van der Waals surface area contributed by atoms with Gasteiger partial charge in [-0.2, -0.15) is 0 Å². The van der Waals surface area contributed by atoms with Crippen LogP contribution in [0.5, 0.6) is 0 Å². The molecule has 1 aliphatic rings. The number of rotatable bonds is 6. The second kappa shape index (κ2) is 6.59. The summed E-state index contributed by atoms with van der Waals surface area (Å²) in [5.74, 6) is 1.01. The maximum atomic E-state index is 11.7. The Kier molecular flexibility index (Phi) is 4.81. The fourth-order valence-electron chi connectivity index (χ4n) is 2.29. The van der Waals surface area contributed by atoms with Gasteiger partial charge in [0.15, 0.2) is 0 Å². The number of nitrogens with one attached hydrogen (secondary N) is 1. The van der Waals surface area contributed by atoms with Crippen molar-refractivity contribution in [3.05, 3.63) is 24.2 Å². The molecule has 2 rings (SSSR count). The van der Waals surface area contributed by atoms with E-state index < -0.39 is 0 Å². The topological polar surface area (TPSA) is 51.5 Å². The first kappa shape index (κ1) is 13.1. The third-order valence-corrected chi connectivity index (χ3v) is 3.21. The van der Waals surface area contributed by atoms with E-state index in [9.17, 15) is 4.79 Å². The maximum Gasteiger partial charge on any atom is 0.220 e. The lowest BCUT2D eigenvalue weighted by atomic mass is 10.1. The molecule has 18 heavy (non-hydrogen) atoms. The quantitative estimate of drug-likeness (QED) is 0.844. The average molecular weight is 251 g/mol. The summed E-state index contributed by atoms with van der Waals surface area (Å²) in [6.07, 6.45) is 6.28. The monoisotopic (exact) mass is 251 g/mol. The summed E-state index contributed by atoms with van der Waals surface area (Å²) in [6, 6.07) is 3.89. The molecule has 0 bridgehead atoms. The molecule has 0 unspecified atom stereocenters. The fraction of sp³-hybridized carbons (Fsp3) is 0.643. The zero-order chi connectivity index (χ0) is 12.8. The summed E-state index contributed by atoms with van der Waals surface area (Å²) < 4.78 is 10.8. The smallest absolute Gasteiger partial charge is 0.220 e. The van der Waals surface area contributed by atoms with Crippen LogP contribution in [0.25, 0.3) is 0 Å². The summed E-state index contributed by atoms with van der Waals surface area (Å²) in [5.41, 5.74) is 0. The summed E-state index contributed by atoms with van der Waals surface area (Å²) in [6.45, 7) is 2.84. The Labute approximate surface area is 108 Å². The molecule has 1 aromatic heterocycles. The molecule has 1 N–H and O–H groups in total. The molecule has 0 saturated carbocycles. The fourth-order valence-corrected chi connectivity index (χ4v) is 2.29. The van der Waals surface area contributed by atoms with Gasteiger partial charge in [0, 0.05) is 25.5 Å². The molecule has 1 fully saturated rings. The van der Waals surface area contributed by atoms with Gasteiger partial charge in [-0.25, -0.2) is 0 Å². The Morgan fingerprint density at radius 1 is 1.61 bits per heavy atom. The number of hydrogen-bond donors (Lipinski definition) is 1. The highest BCUT2D eigenvalue weighted by molar-refractivity contribution is 5.76. The van der Waals surface area contributed by atoms with Gasteiger partial charge in [0.1, 0.15) is 5.76 Å². The number of carbonyl (C=O) groups excluding carboxylic acids is 1. The van der Waals surface area contributed by atoms with Crippen molar-refractivity contribution in [1.82, 2.24) is 5.32 Å².